The Morgan fingerprint density at radius 1 is 1.17 bits per heavy atom. The van der Waals surface area contributed by atoms with Gasteiger partial charge in [-0.1, -0.05) is 29.8 Å². The first-order valence-electron chi connectivity index (χ1n) is 5.40. The van der Waals surface area contributed by atoms with E-state index in [2.05, 4.69) is 10.3 Å². The molecule has 0 atom stereocenters. The molecule has 2 rings (SSSR count). The highest BCUT2D eigenvalue weighted by atomic mass is 35.5. The van der Waals surface area contributed by atoms with Crippen molar-refractivity contribution in [1.82, 2.24) is 4.98 Å². The van der Waals surface area contributed by atoms with Gasteiger partial charge >= 0.3 is 0 Å². The van der Waals surface area contributed by atoms with Crippen molar-refractivity contribution in [3.63, 3.8) is 0 Å². The number of halogens is 1. The fourth-order valence-corrected chi connectivity index (χ4v) is 1.48. The number of hydrogen-bond donors (Lipinski definition) is 1. The molecule has 90 valence electrons. The molecule has 0 spiro atoms. The van der Waals surface area contributed by atoms with Crippen LogP contribution >= 0.6 is 11.6 Å². The Morgan fingerprint density at radius 2 is 1.94 bits per heavy atom. The Morgan fingerprint density at radius 3 is 2.61 bits per heavy atom. The third-order valence-electron chi connectivity index (χ3n) is 2.21. The molecule has 1 heterocycles. The molecule has 3 nitrogen and oxygen atoms in total. The van der Waals surface area contributed by atoms with Gasteiger partial charge in [0.05, 0.1) is 0 Å². The summed E-state index contributed by atoms with van der Waals surface area (Å²) in [5.74, 6) is 0.312. The number of pyridine rings is 1. The molecule has 0 radical (unpaired) electrons. The highest BCUT2D eigenvalue weighted by Crippen LogP contribution is 2.10. The van der Waals surface area contributed by atoms with Crippen molar-refractivity contribution < 1.29 is 4.79 Å². The smallest absolute Gasteiger partial charge is 0.249 e. The summed E-state index contributed by atoms with van der Waals surface area (Å²) in [6.45, 7) is 0. The van der Waals surface area contributed by atoms with Gasteiger partial charge < -0.3 is 5.32 Å². The van der Waals surface area contributed by atoms with Crippen LogP contribution in [0.5, 0.6) is 0 Å². The van der Waals surface area contributed by atoms with Gasteiger partial charge in [-0.2, -0.15) is 0 Å². The monoisotopic (exact) mass is 258 g/mol. The lowest BCUT2D eigenvalue weighted by molar-refractivity contribution is -0.111. The van der Waals surface area contributed by atoms with Gasteiger partial charge in [0, 0.05) is 17.3 Å². The van der Waals surface area contributed by atoms with E-state index >= 15 is 0 Å². The van der Waals surface area contributed by atoms with Crippen LogP contribution in [-0.4, -0.2) is 10.9 Å². The second-order valence-electron chi connectivity index (χ2n) is 3.59. The summed E-state index contributed by atoms with van der Waals surface area (Å²) in [5.41, 5.74) is 0.913. The number of rotatable bonds is 3. The van der Waals surface area contributed by atoms with E-state index in [4.69, 9.17) is 11.6 Å². The number of carbonyl (C=O) groups excluding carboxylic acids is 1. The summed E-state index contributed by atoms with van der Waals surface area (Å²) < 4.78 is 0. The number of benzene rings is 1. The lowest BCUT2D eigenvalue weighted by atomic mass is 10.2. The quantitative estimate of drug-likeness (QED) is 0.858. The third-order valence-corrected chi connectivity index (χ3v) is 2.47. The van der Waals surface area contributed by atoms with Crippen LogP contribution < -0.4 is 5.32 Å². The molecule has 1 aromatic carbocycles. The number of nitrogens with one attached hydrogen (secondary N) is 1. The Hall–Kier alpha value is -2.13. The van der Waals surface area contributed by atoms with Crippen LogP contribution in [-0.2, 0) is 4.79 Å². The van der Waals surface area contributed by atoms with Gasteiger partial charge in [0.2, 0.25) is 5.91 Å². The summed E-state index contributed by atoms with van der Waals surface area (Å²) in [7, 11) is 0. The molecule has 0 unspecified atom stereocenters. The average molecular weight is 259 g/mol. The van der Waals surface area contributed by atoms with Gasteiger partial charge in [-0.3, -0.25) is 4.79 Å². The molecule has 0 bridgehead atoms. The van der Waals surface area contributed by atoms with E-state index in [1.54, 1.807) is 36.5 Å². The molecular formula is C14H11ClN2O. The van der Waals surface area contributed by atoms with Gasteiger partial charge in [-0.05, 0) is 35.9 Å². The fraction of sp³-hybridized carbons (Fsp3) is 0. The van der Waals surface area contributed by atoms with Crippen molar-refractivity contribution in [2.45, 2.75) is 0 Å². The van der Waals surface area contributed by atoms with Gasteiger partial charge in [0.15, 0.2) is 0 Å². The van der Waals surface area contributed by atoms with E-state index in [-0.39, 0.29) is 5.91 Å². The Kier molecular flexibility index (Phi) is 4.10. The molecule has 18 heavy (non-hydrogen) atoms. The summed E-state index contributed by atoms with van der Waals surface area (Å²) in [6, 6.07) is 12.6. The van der Waals surface area contributed by atoms with Gasteiger partial charge in [-0.25, -0.2) is 4.98 Å². The number of nitrogens with zero attached hydrogens (tertiary/aromatic N) is 1. The Balaban J connectivity index is 1.97. The molecule has 2 aromatic rings. The Bertz CT molecular complexity index is 550. The minimum Gasteiger partial charge on any atom is -0.307 e. The minimum absolute atomic E-state index is 0.219. The van der Waals surface area contributed by atoms with Crippen LogP contribution in [0.1, 0.15) is 5.56 Å². The molecule has 0 aliphatic rings. The van der Waals surface area contributed by atoms with Crippen LogP contribution in [0.2, 0.25) is 5.02 Å². The zero-order chi connectivity index (χ0) is 12.8. The number of aromatic nitrogens is 1. The second kappa shape index (κ2) is 5.98. The first kappa shape index (κ1) is 12.3. The summed E-state index contributed by atoms with van der Waals surface area (Å²) in [6.07, 6.45) is 4.80. The maximum atomic E-state index is 11.6. The van der Waals surface area contributed by atoms with E-state index in [1.807, 2.05) is 18.2 Å². The first-order valence-corrected chi connectivity index (χ1v) is 5.77. The zero-order valence-electron chi connectivity index (χ0n) is 9.51. The number of amides is 1. The fourth-order valence-electron chi connectivity index (χ4n) is 1.35. The van der Waals surface area contributed by atoms with Crippen LogP contribution in [0.25, 0.3) is 6.08 Å². The van der Waals surface area contributed by atoms with Crippen molar-refractivity contribution in [2.24, 2.45) is 0 Å². The second-order valence-corrected chi connectivity index (χ2v) is 4.03. The van der Waals surface area contributed by atoms with E-state index in [0.717, 1.165) is 5.56 Å². The average Bonchev–Trinajstić information content (AvgIpc) is 2.39. The maximum Gasteiger partial charge on any atom is 0.249 e. The molecular weight excluding hydrogens is 248 g/mol. The SMILES string of the molecule is O=C(C=Cc1ccc(Cl)cc1)Nc1ccccn1. The van der Waals surface area contributed by atoms with E-state index in [1.165, 1.54) is 6.08 Å². The van der Waals surface area contributed by atoms with E-state index in [9.17, 15) is 4.79 Å². The molecule has 0 aliphatic carbocycles. The highest BCUT2D eigenvalue weighted by molar-refractivity contribution is 6.30. The standard InChI is InChI=1S/C14H11ClN2O/c15-12-7-4-11(5-8-12)6-9-14(18)17-13-3-1-2-10-16-13/h1-10H,(H,16,17,18). The van der Waals surface area contributed by atoms with Crippen LogP contribution in [0.4, 0.5) is 5.82 Å². The maximum absolute atomic E-state index is 11.6. The van der Waals surface area contributed by atoms with Crippen molar-refractivity contribution >= 4 is 29.4 Å². The zero-order valence-corrected chi connectivity index (χ0v) is 10.3. The summed E-state index contributed by atoms with van der Waals surface area (Å²) in [4.78, 5) is 15.6. The first-order chi connectivity index (χ1) is 8.74. The molecule has 0 saturated carbocycles. The molecule has 0 fully saturated rings. The predicted octanol–water partition coefficient (Wildman–Crippen LogP) is 3.39. The van der Waals surface area contributed by atoms with Gasteiger partial charge in [-0.15, -0.1) is 0 Å². The van der Waals surface area contributed by atoms with Crippen LogP contribution in [0, 0.1) is 0 Å². The largest absolute Gasteiger partial charge is 0.307 e. The van der Waals surface area contributed by atoms with Crippen LogP contribution in [0.3, 0.4) is 0 Å². The molecule has 0 saturated heterocycles. The topological polar surface area (TPSA) is 42.0 Å². The third kappa shape index (κ3) is 3.71. The van der Waals surface area contributed by atoms with E-state index in [0.29, 0.717) is 10.8 Å². The molecule has 1 aromatic heterocycles. The van der Waals surface area contributed by atoms with Crippen molar-refractivity contribution in [3.05, 3.63) is 65.3 Å². The van der Waals surface area contributed by atoms with Crippen molar-refractivity contribution in [3.8, 4) is 0 Å². The van der Waals surface area contributed by atoms with E-state index < -0.39 is 0 Å². The molecule has 1 N–H and O–H groups in total. The number of carbonyl (C=O) groups is 1. The Labute approximate surface area is 110 Å². The number of hydrogen-bond acceptors (Lipinski definition) is 2. The summed E-state index contributed by atoms with van der Waals surface area (Å²) in [5, 5.41) is 3.33. The molecule has 4 heteroatoms. The van der Waals surface area contributed by atoms with Gasteiger partial charge in [0.1, 0.15) is 5.82 Å². The lowest BCUT2D eigenvalue weighted by Gasteiger charge is -1.99. The van der Waals surface area contributed by atoms with Gasteiger partial charge in [0.25, 0.3) is 0 Å². The number of anilines is 1. The van der Waals surface area contributed by atoms with Crippen molar-refractivity contribution in [2.75, 3.05) is 5.32 Å². The summed E-state index contributed by atoms with van der Waals surface area (Å²) >= 11 is 5.77. The minimum atomic E-state index is -0.219. The van der Waals surface area contributed by atoms with Crippen LogP contribution in [0.15, 0.2) is 54.7 Å². The highest BCUT2D eigenvalue weighted by Gasteiger charge is 1.97. The normalized spacial score (nSPS) is 10.5. The lowest BCUT2D eigenvalue weighted by Crippen LogP contribution is -2.08. The van der Waals surface area contributed by atoms with Crippen molar-refractivity contribution in [1.29, 1.82) is 0 Å². The molecule has 1 amide bonds. The molecule has 0 aliphatic heterocycles. The predicted molar refractivity (Wildman–Crippen MR) is 73.4 cm³/mol.